The summed E-state index contributed by atoms with van der Waals surface area (Å²) in [5, 5.41) is 11.3. The standard InChI is InChI=1S/C17H18ClN3O4S/c18-15-6-7-17(16(12-15)21(22)23)26(24,25)20-10-8-19(9-11-20)13-14-4-2-1-3-5-14/h1-7,12H,8-11,13H2. The lowest BCUT2D eigenvalue weighted by Crippen LogP contribution is -2.48. The highest BCUT2D eigenvalue weighted by atomic mass is 35.5. The van der Waals surface area contributed by atoms with Crippen LogP contribution in [0, 0.1) is 10.1 Å². The van der Waals surface area contributed by atoms with Crippen LogP contribution in [0.3, 0.4) is 0 Å². The normalized spacial score (nSPS) is 16.5. The van der Waals surface area contributed by atoms with Crippen LogP contribution in [-0.4, -0.2) is 48.7 Å². The minimum Gasteiger partial charge on any atom is -0.296 e. The molecule has 1 aliphatic heterocycles. The maximum atomic E-state index is 12.8. The first-order valence-electron chi connectivity index (χ1n) is 8.08. The minimum atomic E-state index is -3.94. The number of piperazine rings is 1. The molecule has 138 valence electrons. The molecule has 0 N–H and O–H groups in total. The molecule has 1 fully saturated rings. The van der Waals surface area contributed by atoms with E-state index < -0.39 is 20.6 Å². The van der Waals surface area contributed by atoms with Crippen LogP contribution in [0.1, 0.15) is 5.56 Å². The quantitative estimate of drug-likeness (QED) is 0.574. The largest absolute Gasteiger partial charge is 0.296 e. The lowest BCUT2D eigenvalue weighted by Gasteiger charge is -2.33. The zero-order valence-corrected chi connectivity index (χ0v) is 15.5. The van der Waals surface area contributed by atoms with Gasteiger partial charge in [-0.2, -0.15) is 4.31 Å². The zero-order chi connectivity index (χ0) is 18.7. The molecule has 0 aliphatic carbocycles. The van der Waals surface area contributed by atoms with Gasteiger partial charge < -0.3 is 0 Å². The molecule has 0 aromatic heterocycles. The summed E-state index contributed by atoms with van der Waals surface area (Å²) < 4.78 is 27.0. The van der Waals surface area contributed by atoms with Crippen LogP contribution in [-0.2, 0) is 16.6 Å². The minimum absolute atomic E-state index is 0.128. The van der Waals surface area contributed by atoms with Crippen molar-refractivity contribution < 1.29 is 13.3 Å². The Kier molecular flexibility index (Phi) is 5.57. The summed E-state index contributed by atoms with van der Waals surface area (Å²) >= 11 is 5.77. The van der Waals surface area contributed by atoms with E-state index in [1.165, 1.54) is 16.4 Å². The molecule has 1 heterocycles. The van der Waals surface area contributed by atoms with Crippen molar-refractivity contribution in [3.05, 3.63) is 69.2 Å². The van der Waals surface area contributed by atoms with Gasteiger partial charge in [-0.25, -0.2) is 8.42 Å². The van der Waals surface area contributed by atoms with Gasteiger partial charge in [-0.1, -0.05) is 41.9 Å². The number of nitrogens with zero attached hydrogens (tertiary/aromatic N) is 3. The fourth-order valence-corrected chi connectivity index (χ4v) is 4.69. The highest BCUT2D eigenvalue weighted by molar-refractivity contribution is 7.89. The fourth-order valence-electron chi connectivity index (χ4n) is 2.96. The van der Waals surface area contributed by atoms with Gasteiger partial charge in [0, 0.05) is 43.8 Å². The number of sulfonamides is 1. The summed E-state index contributed by atoms with van der Waals surface area (Å²) in [6.45, 7) is 2.45. The van der Waals surface area contributed by atoms with Crippen LogP contribution in [0.5, 0.6) is 0 Å². The molecule has 1 saturated heterocycles. The van der Waals surface area contributed by atoms with Crippen LogP contribution >= 0.6 is 11.6 Å². The van der Waals surface area contributed by atoms with Crippen molar-refractivity contribution in [2.24, 2.45) is 0 Å². The van der Waals surface area contributed by atoms with Crippen molar-refractivity contribution in [3.8, 4) is 0 Å². The van der Waals surface area contributed by atoms with Gasteiger partial charge in [0.05, 0.1) is 4.92 Å². The first kappa shape index (κ1) is 18.8. The van der Waals surface area contributed by atoms with Gasteiger partial charge in [-0.05, 0) is 17.7 Å². The molecule has 0 atom stereocenters. The highest BCUT2D eigenvalue weighted by Gasteiger charge is 2.33. The monoisotopic (exact) mass is 395 g/mol. The van der Waals surface area contributed by atoms with E-state index in [-0.39, 0.29) is 23.0 Å². The average Bonchev–Trinajstić information content (AvgIpc) is 2.62. The van der Waals surface area contributed by atoms with E-state index in [1.54, 1.807) is 0 Å². The van der Waals surface area contributed by atoms with Crippen molar-refractivity contribution >= 4 is 27.3 Å². The summed E-state index contributed by atoms with van der Waals surface area (Å²) in [7, 11) is -3.94. The molecule has 0 spiro atoms. The molecule has 0 unspecified atom stereocenters. The van der Waals surface area contributed by atoms with Crippen molar-refractivity contribution in [3.63, 3.8) is 0 Å². The van der Waals surface area contributed by atoms with E-state index in [0.29, 0.717) is 13.1 Å². The van der Waals surface area contributed by atoms with Crippen LogP contribution in [0.2, 0.25) is 5.02 Å². The van der Waals surface area contributed by atoms with Crippen LogP contribution in [0.15, 0.2) is 53.4 Å². The molecule has 0 bridgehead atoms. The van der Waals surface area contributed by atoms with E-state index in [2.05, 4.69) is 4.90 Å². The fraction of sp³-hybridized carbons (Fsp3) is 0.294. The number of nitro benzene ring substituents is 1. The average molecular weight is 396 g/mol. The van der Waals surface area contributed by atoms with E-state index >= 15 is 0 Å². The number of rotatable bonds is 5. The van der Waals surface area contributed by atoms with Gasteiger partial charge in [0.15, 0.2) is 4.90 Å². The van der Waals surface area contributed by atoms with Gasteiger partial charge in [-0.3, -0.25) is 15.0 Å². The molecule has 7 nitrogen and oxygen atoms in total. The second kappa shape index (κ2) is 7.71. The van der Waals surface area contributed by atoms with Gasteiger partial charge in [0.1, 0.15) is 0 Å². The lowest BCUT2D eigenvalue weighted by molar-refractivity contribution is -0.387. The van der Waals surface area contributed by atoms with Gasteiger partial charge in [0.2, 0.25) is 10.0 Å². The third-order valence-corrected chi connectivity index (χ3v) is 6.50. The molecular formula is C17H18ClN3O4S. The molecule has 2 aromatic carbocycles. The predicted molar refractivity (Wildman–Crippen MR) is 98.6 cm³/mol. The molecule has 26 heavy (non-hydrogen) atoms. The molecule has 0 radical (unpaired) electrons. The molecule has 1 aliphatic rings. The van der Waals surface area contributed by atoms with Crippen molar-refractivity contribution in [1.29, 1.82) is 0 Å². The number of benzene rings is 2. The van der Waals surface area contributed by atoms with Crippen molar-refractivity contribution in [2.75, 3.05) is 26.2 Å². The summed E-state index contributed by atoms with van der Waals surface area (Å²) in [5.74, 6) is 0. The molecular weight excluding hydrogens is 378 g/mol. The van der Waals surface area contributed by atoms with Crippen LogP contribution < -0.4 is 0 Å². The Morgan fingerprint density at radius 2 is 1.69 bits per heavy atom. The summed E-state index contributed by atoms with van der Waals surface area (Å²) in [6.07, 6.45) is 0. The maximum Gasteiger partial charge on any atom is 0.290 e. The van der Waals surface area contributed by atoms with Gasteiger partial charge >= 0.3 is 0 Å². The SMILES string of the molecule is O=[N+]([O-])c1cc(Cl)ccc1S(=O)(=O)N1CCN(Cc2ccccc2)CC1. The molecule has 9 heteroatoms. The number of hydrogen-bond acceptors (Lipinski definition) is 5. The summed E-state index contributed by atoms with van der Waals surface area (Å²) in [6, 6.07) is 13.6. The van der Waals surface area contributed by atoms with Crippen LogP contribution in [0.25, 0.3) is 0 Å². The third kappa shape index (κ3) is 4.04. The Hall–Kier alpha value is -2.00. The smallest absolute Gasteiger partial charge is 0.290 e. The topological polar surface area (TPSA) is 83.8 Å². The molecule has 3 rings (SSSR count). The van der Waals surface area contributed by atoms with Crippen molar-refractivity contribution in [1.82, 2.24) is 9.21 Å². The first-order valence-corrected chi connectivity index (χ1v) is 9.90. The lowest BCUT2D eigenvalue weighted by atomic mass is 10.2. The summed E-state index contributed by atoms with van der Waals surface area (Å²) in [4.78, 5) is 12.3. The first-order chi connectivity index (χ1) is 12.4. The second-order valence-electron chi connectivity index (χ2n) is 6.03. The van der Waals surface area contributed by atoms with E-state index in [1.807, 2.05) is 30.3 Å². The number of halogens is 1. The molecule has 0 amide bonds. The van der Waals surface area contributed by atoms with Crippen molar-refractivity contribution in [2.45, 2.75) is 11.4 Å². The van der Waals surface area contributed by atoms with E-state index in [9.17, 15) is 18.5 Å². The van der Waals surface area contributed by atoms with Crippen LogP contribution in [0.4, 0.5) is 5.69 Å². The predicted octanol–water partition coefficient (Wildman–Crippen LogP) is 2.75. The Morgan fingerprint density at radius 3 is 2.31 bits per heavy atom. The molecule has 2 aromatic rings. The zero-order valence-electron chi connectivity index (χ0n) is 13.9. The Balaban J connectivity index is 1.73. The van der Waals surface area contributed by atoms with Gasteiger partial charge in [-0.15, -0.1) is 0 Å². The Labute approximate surface area is 157 Å². The van der Waals surface area contributed by atoms with Gasteiger partial charge in [0.25, 0.3) is 5.69 Å². The van der Waals surface area contributed by atoms with E-state index in [4.69, 9.17) is 11.6 Å². The Morgan fingerprint density at radius 1 is 1.04 bits per heavy atom. The number of nitro groups is 1. The maximum absolute atomic E-state index is 12.8. The second-order valence-corrected chi connectivity index (χ2v) is 8.38. The number of hydrogen-bond donors (Lipinski definition) is 0. The highest BCUT2D eigenvalue weighted by Crippen LogP contribution is 2.30. The Bertz CT molecular complexity index is 897. The van der Waals surface area contributed by atoms with E-state index in [0.717, 1.165) is 18.2 Å². The summed E-state index contributed by atoms with van der Waals surface area (Å²) in [5.41, 5.74) is 0.668. The molecule has 0 saturated carbocycles. The third-order valence-electron chi connectivity index (χ3n) is 4.32.